The Morgan fingerprint density at radius 2 is 2.33 bits per heavy atom. The first kappa shape index (κ1) is 13.9. The molecule has 2 rings (SSSR count). The van der Waals surface area contributed by atoms with Gasteiger partial charge in [-0.3, -0.25) is 4.90 Å². The summed E-state index contributed by atoms with van der Waals surface area (Å²) in [6.07, 6.45) is -0.203. The van der Waals surface area contributed by atoms with Crippen LogP contribution in [-0.4, -0.2) is 35.7 Å². The van der Waals surface area contributed by atoms with Crippen LogP contribution in [0.25, 0.3) is 0 Å². The van der Waals surface area contributed by atoms with Crippen LogP contribution >= 0.6 is 28.1 Å². The Labute approximate surface area is 119 Å². The van der Waals surface area contributed by atoms with E-state index in [0.717, 1.165) is 16.6 Å². The number of halogens is 2. The predicted molar refractivity (Wildman–Crippen MR) is 75.9 cm³/mol. The molecule has 0 bridgehead atoms. The van der Waals surface area contributed by atoms with Crippen LogP contribution < -0.4 is 5.73 Å². The van der Waals surface area contributed by atoms with Crippen molar-refractivity contribution in [3.05, 3.63) is 34.1 Å². The zero-order valence-electron chi connectivity index (χ0n) is 9.73. The highest BCUT2D eigenvalue weighted by atomic mass is 79.9. The van der Waals surface area contributed by atoms with Crippen LogP contribution in [0.3, 0.4) is 0 Å². The fourth-order valence-electron chi connectivity index (χ4n) is 1.98. The summed E-state index contributed by atoms with van der Waals surface area (Å²) in [7, 11) is 0. The molecular formula is C12H14BrFN2OS. The summed E-state index contributed by atoms with van der Waals surface area (Å²) in [5, 5.41) is 0. The second-order valence-electron chi connectivity index (χ2n) is 4.27. The van der Waals surface area contributed by atoms with Gasteiger partial charge in [0.2, 0.25) is 0 Å². The van der Waals surface area contributed by atoms with Crippen molar-refractivity contribution >= 4 is 33.1 Å². The molecule has 0 aliphatic carbocycles. The molecule has 1 fully saturated rings. The molecule has 98 valence electrons. The molecule has 0 spiro atoms. The molecule has 6 heteroatoms. The topological polar surface area (TPSA) is 38.5 Å². The minimum absolute atomic E-state index is 0.203. The van der Waals surface area contributed by atoms with Crippen LogP contribution in [0, 0.1) is 5.82 Å². The molecule has 2 N–H and O–H groups in total. The largest absolute Gasteiger partial charge is 0.391 e. The third kappa shape index (κ3) is 3.71. The molecule has 1 aliphatic rings. The lowest BCUT2D eigenvalue weighted by atomic mass is 10.2. The number of hydrogen-bond donors (Lipinski definition) is 1. The summed E-state index contributed by atoms with van der Waals surface area (Å²) in [6.45, 7) is 2.72. The van der Waals surface area contributed by atoms with Crippen molar-refractivity contribution in [1.29, 1.82) is 0 Å². The summed E-state index contributed by atoms with van der Waals surface area (Å²) < 4.78 is 19.5. The van der Waals surface area contributed by atoms with Crippen LogP contribution in [0.2, 0.25) is 0 Å². The average molecular weight is 333 g/mol. The maximum atomic E-state index is 13.3. The Hall–Kier alpha value is -0.560. The van der Waals surface area contributed by atoms with Gasteiger partial charge in [-0.1, -0.05) is 28.1 Å². The highest BCUT2D eigenvalue weighted by molar-refractivity contribution is 9.10. The highest BCUT2D eigenvalue weighted by Gasteiger charge is 2.22. The number of thiocarbonyl (C=S) groups is 1. The highest BCUT2D eigenvalue weighted by Crippen LogP contribution is 2.17. The zero-order valence-corrected chi connectivity index (χ0v) is 12.1. The first-order valence-corrected chi connectivity index (χ1v) is 6.83. The molecule has 1 aliphatic heterocycles. The fraction of sp³-hybridized carbons (Fsp3) is 0.417. The van der Waals surface area contributed by atoms with Gasteiger partial charge in [0.05, 0.1) is 6.61 Å². The molecule has 0 amide bonds. The van der Waals surface area contributed by atoms with Crippen LogP contribution in [-0.2, 0) is 11.3 Å². The van der Waals surface area contributed by atoms with E-state index >= 15 is 0 Å². The SMILES string of the molecule is NC(=S)C1CN(Cc2cc(F)cc(Br)c2)CCO1. The van der Waals surface area contributed by atoms with Gasteiger partial charge in [0.25, 0.3) is 0 Å². The third-order valence-electron chi connectivity index (χ3n) is 2.80. The van der Waals surface area contributed by atoms with Gasteiger partial charge in [0.15, 0.2) is 0 Å². The van der Waals surface area contributed by atoms with Crippen LogP contribution in [0.4, 0.5) is 4.39 Å². The van der Waals surface area contributed by atoms with Crippen molar-refractivity contribution in [3.8, 4) is 0 Å². The summed E-state index contributed by atoms with van der Waals surface area (Å²) in [5.74, 6) is -0.237. The number of hydrogen-bond acceptors (Lipinski definition) is 3. The third-order valence-corrected chi connectivity index (χ3v) is 3.52. The van der Waals surface area contributed by atoms with E-state index in [4.69, 9.17) is 22.7 Å². The van der Waals surface area contributed by atoms with Crippen molar-refractivity contribution in [1.82, 2.24) is 4.90 Å². The van der Waals surface area contributed by atoms with Gasteiger partial charge >= 0.3 is 0 Å². The second-order valence-corrected chi connectivity index (χ2v) is 5.66. The molecule has 1 saturated heterocycles. The minimum Gasteiger partial charge on any atom is -0.391 e. The molecule has 1 aromatic rings. The summed E-state index contributed by atoms with van der Waals surface area (Å²) >= 11 is 8.22. The molecule has 0 saturated carbocycles. The first-order chi connectivity index (χ1) is 8.54. The lowest BCUT2D eigenvalue weighted by Gasteiger charge is -2.32. The Morgan fingerprint density at radius 1 is 1.56 bits per heavy atom. The van der Waals surface area contributed by atoms with E-state index in [9.17, 15) is 4.39 Å². The smallest absolute Gasteiger partial charge is 0.124 e. The van der Waals surface area contributed by atoms with Crippen molar-refractivity contribution in [2.75, 3.05) is 19.7 Å². The Morgan fingerprint density at radius 3 is 3.00 bits per heavy atom. The van der Waals surface area contributed by atoms with Crippen LogP contribution in [0.5, 0.6) is 0 Å². The van der Waals surface area contributed by atoms with Crippen LogP contribution in [0.1, 0.15) is 5.56 Å². The Balaban J connectivity index is 2.02. The van der Waals surface area contributed by atoms with Gasteiger partial charge in [-0.25, -0.2) is 4.39 Å². The van der Waals surface area contributed by atoms with E-state index in [1.807, 2.05) is 6.07 Å². The van der Waals surface area contributed by atoms with E-state index in [0.29, 0.717) is 24.7 Å². The molecule has 0 aromatic heterocycles. The second kappa shape index (κ2) is 6.06. The summed E-state index contributed by atoms with van der Waals surface area (Å²) in [4.78, 5) is 2.54. The molecule has 0 radical (unpaired) electrons. The number of benzene rings is 1. The molecule has 18 heavy (non-hydrogen) atoms. The standard InChI is InChI=1S/C12H14BrFN2OS/c13-9-3-8(4-10(14)5-9)6-16-1-2-17-11(7-16)12(15)18/h3-5,11H,1-2,6-7H2,(H2,15,18). The van der Waals surface area contributed by atoms with Gasteiger partial charge in [-0.2, -0.15) is 0 Å². The van der Waals surface area contributed by atoms with E-state index < -0.39 is 0 Å². The van der Waals surface area contributed by atoms with Crippen molar-refractivity contribution in [2.24, 2.45) is 5.73 Å². The van der Waals surface area contributed by atoms with Crippen molar-refractivity contribution < 1.29 is 9.13 Å². The van der Waals surface area contributed by atoms with E-state index in [2.05, 4.69) is 20.8 Å². The number of rotatable bonds is 3. The lowest BCUT2D eigenvalue weighted by molar-refractivity contribution is 0.00388. The molecule has 1 unspecified atom stereocenters. The Bertz CT molecular complexity index is 437. The number of nitrogens with two attached hydrogens (primary N) is 1. The number of nitrogens with zero attached hydrogens (tertiary/aromatic N) is 1. The van der Waals surface area contributed by atoms with E-state index in [1.54, 1.807) is 0 Å². The lowest BCUT2D eigenvalue weighted by Crippen LogP contribution is -2.47. The molecule has 3 nitrogen and oxygen atoms in total. The normalized spacial score (nSPS) is 20.9. The molecule has 1 heterocycles. The maximum Gasteiger partial charge on any atom is 0.124 e. The average Bonchev–Trinajstić information content (AvgIpc) is 2.27. The first-order valence-electron chi connectivity index (χ1n) is 5.63. The quantitative estimate of drug-likeness (QED) is 0.860. The van der Waals surface area contributed by atoms with Gasteiger partial charge in [-0.15, -0.1) is 0 Å². The Kier molecular flexibility index (Phi) is 4.66. The van der Waals surface area contributed by atoms with Crippen molar-refractivity contribution in [3.63, 3.8) is 0 Å². The van der Waals surface area contributed by atoms with Gasteiger partial charge in [-0.05, 0) is 23.8 Å². The summed E-state index contributed by atoms with van der Waals surface area (Å²) in [5.41, 5.74) is 6.51. The zero-order chi connectivity index (χ0) is 13.1. The van der Waals surface area contributed by atoms with Gasteiger partial charge < -0.3 is 10.5 Å². The number of ether oxygens (including phenoxy) is 1. The molecular weight excluding hydrogens is 319 g/mol. The molecule has 1 atom stereocenters. The van der Waals surface area contributed by atoms with E-state index in [-0.39, 0.29) is 11.9 Å². The monoisotopic (exact) mass is 332 g/mol. The van der Waals surface area contributed by atoms with Gasteiger partial charge in [0, 0.05) is 24.1 Å². The molecule has 1 aromatic carbocycles. The summed E-state index contributed by atoms with van der Waals surface area (Å²) in [6, 6.07) is 4.89. The predicted octanol–water partition coefficient (Wildman–Crippen LogP) is 2.08. The van der Waals surface area contributed by atoms with E-state index in [1.165, 1.54) is 12.1 Å². The minimum atomic E-state index is -0.237. The fourth-order valence-corrected chi connectivity index (χ4v) is 2.63. The van der Waals surface area contributed by atoms with Gasteiger partial charge in [0.1, 0.15) is 16.9 Å². The number of morpholine rings is 1. The maximum absolute atomic E-state index is 13.3. The van der Waals surface area contributed by atoms with Crippen LogP contribution in [0.15, 0.2) is 22.7 Å². The van der Waals surface area contributed by atoms with Crippen molar-refractivity contribution in [2.45, 2.75) is 12.6 Å².